The van der Waals surface area contributed by atoms with Crippen LogP contribution in [0.4, 0.5) is 0 Å². The molecule has 1 fully saturated rings. The van der Waals surface area contributed by atoms with Crippen LogP contribution in [0.25, 0.3) is 0 Å². The minimum atomic E-state index is -3.44. The van der Waals surface area contributed by atoms with Gasteiger partial charge in [0.25, 0.3) is 0 Å². The van der Waals surface area contributed by atoms with Gasteiger partial charge in [-0.2, -0.15) is 4.31 Å². The SMILES string of the molecule is O=S(=O)(CCC1OCCCO1)N(Cc1ccccc1)Cc1ccccc1. The summed E-state index contributed by atoms with van der Waals surface area (Å²) in [4.78, 5) is 0. The van der Waals surface area contributed by atoms with Crippen LogP contribution in [0, 0.1) is 0 Å². The van der Waals surface area contributed by atoms with Crippen molar-refractivity contribution in [2.75, 3.05) is 19.0 Å². The van der Waals surface area contributed by atoms with E-state index >= 15 is 0 Å². The van der Waals surface area contributed by atoms with Gasteiger partial charge >= 0.3 is 0 Å². The van der Waals surface area contributed by atoms with Crippen LogP contribution in [0.15, 0.2) is 60.7 Å². The highest BCUT2D eigenvalue weighted by atomic mass is 32.2. The Bertz CT molecular complexity index is 717. The molecule has 2 aromatic rings. The van der Waals surface area contributed by atoms with E-state index in [9.17, 15) is 8.42 Å². The minimum absolute atomic E-state index is 0.0112. The molecule has 6 heteroatoms. The first-order valence-corrected chi connectivity index (χ1v) is 10.5. The van der Waals surface area contributed by atoms with E-state index in [4.69, 9.17) is 9.47 Å². The molecule has 26 heavy (non-hydrogen) atoms. The molecule has 0 saturated carbocycles. The predicted molar refractivity (Wildman–Crippen MR) is 101 cm³/mol. The summed E-state index contributed by atoms with van der Waals surface area (Å²) in [6.45, 7) is 1.96. The first kappa shape index (κ1) is 19.0. The Morgan fingerprint density at radius 2 is 1.35 bits per heavy atom. The Kier molecular flexibility index (Phi) is 6.80. The molecular weight excluding hydrogens is 350 g/mol. The standard InChI is InChI=1S/C20H25NO4S/c22-26(23,15-12-20-24-13-7-14-25-20)21(16-18-8-3-1-4-9-18)17-19-10-5-2-6-11-19/h1-6,8-11,20H,7,12-17H2. The largest absolute Gasteiger partial charge is 0.353 e. The van der Waals surface area contributed by atoms with Gasteiger partial charge in [0.15, 0.2) is 6.29 Å². The van der Waals surface area contributed by atoms with E-state index in [0.717, 1.165) is 17.5 Å². The maximum atomic E-state index is 13.0. The molecule has 1 heterocycles. The lowest BCUT2D eigenvalue weighted by Crippen LogP contribution is -2.35. The van der Waals surface area contributed by atoms with Crippen molar-refractivity contribution in [2.24, 2.45) is 0 Å². The van der Waals surface area contributed by atoms with Crippen LogP contribution in [0.2, 0.25) is 0 Å². The molecule has 3 rings (SSSR count). The first-order valence-electron chi connectivity index (χ1n) is 8.92. The molecule has 2 aromatic carbocycles. The van der Waals surface area contributed by atoms with Gasteiger partial charge in [0.1, 0.15) is 0 Å². The fourth-order valence-electron chi connectivity index (χ4n) is 2.90. The Morgan fingerprint density at radius 3 is 1.85 bits per heavy atom. The van der Waals surface area contributed by atoms with Crippen molar-refractivity contribution < 1.29 is 17.9 Å². The number of benzene rings is 2. The molecule has 0 radical (unpaired) electrons. The summed E-state index contributed by atoms with van der Waals surface area (Å²) in [7, 11) is -3.44. The van der Waals surface area contributed by atoms with E-state index in [1.54, 1.807) is 4.31 Å². The van der Waals surface area contributed by atoms with Crippen molar-refractivity contribution in [1.29, 1.82) is 0 Å². The van der Waals surface area contributed by atoms with E-state index in [0.29, 0.717) is 32.7 Å². The van der Waals surface area contributed by atoms with Gasteiger partial charge in [-0.15, -0.1) is 0 Å². The first-order chi connectivity index (χ1) is 12.6. The number of hydrogen-bond acceptors (Lipinski definition) is 4. The van der Waals surface area contributed by atoms with Gasteiger partial charge in [0.05, 0.1) is 19.0 Å². The summed E-state index contributed by atoms with van der Waals surface area (Å²) in [5.74, 6) is 0.0112. The lowest BCUT2D eigenvalue weighted by Gasteiger charge is -2.26. The highest BCUT2D eigenvalue weighted by Crippen LogP contribution is 2.17. The van der Waals surface area contributed by atoms with Gasteiger partial charge in [0.2, 0.25) is 10.0 Å². The maximum absolute atomic E-state index is 13.0. The van der Waals surface area contributed by atoms with E-state index in [2.05, 4.69) is 0 Å². The number of hydrogen-bond donors (Lipinski definition) is 0. The molecule has 0 aliphatic carbocycles. The number of nitrogens with zero attached hydrogens (tertiary/aromatic N) is 1. The van der Waals surface area contributed by atoms with Crippen LogP contribution < -0.4 is 0 Å². The summed E-state index contributed by atoms with van der Waals surface area (Å²) in [6.07, 6.45) is 0.786. The van der Waals surface area contributed by atoms with Crippen LogP contribution >= 0.6 is 0 Å². The minimum Gasteiger partial charge on any atom is -0.353 e. The Labute approximate surface area is 155 Å². The zero-order valence-corrected chi connectivity index (χ0v) is 15.6. The predicted octanol–water partition coefficient (Wildman–Crippen LogP) is 3.17. The van der Waals surface area contributed by atoms with Gasteiger partial charge in [-0.1, -0.05) is 60.7 Å². The second-order valence-corrected chi connectivity index (χ2v) is 8.46. The van der Waals surface area contributed by atoms with Crippen molar-refractivity contribution in [3.05, 3.63) is 71.8 Å². The average molecular weight is 375 g/mol. The van der Waals surface area contributed by atoms with Gasteiger partial charge in [-0.05, 0) is 17.5 Å². The second-order valence-electron chi connectivity index (χ2n) is 6.37. The van der Waals surface area contributed by atoms with Crippen molar-refractivity contribution >= 4 is 10.0 Å². The van der Waals surface area contributed by atoms with Crippen LogP contribution in [-0.4, -0.2) is 38.0 Å². The molecule has 0 spiro atoms. The molecule has 0 N–H and O–H groups in total. The molecule has 0 bridgehead atoms. The molecule has 0 unspecified atom stereocenters. The van der Waals surface area contributed by atoms with Crippen LogP contribution in [0.1, 0.15) is 24.0 Å². The van der Waals surface area contributed by atoms with Gasteiger partial charge in [-0.25, -0.2) is 8.42 Å². The highest BCUT2D eigenvalue weighted by Gasteiger charge is 2.25. The van der Waals surface area contributed by atoms with Crippen molar-refractivity contribution in [1.82, 2.24) is 4.31 Å². The lowest BCUT2D eigenvalue weighted by atomic mass is 10.2. The van der Waals surface area contributed by atoms with Crippen molar-refractivity contribution in [3.8, 4) is 0 Å². The van der Waals surface area contributed by atoms with Crippen LogP contribution in [0.5, 0.6) is 0 Å². The summed E-state index contributed by atoms with van der Waals surface area (Å²) in [5.41, 5.74) is 1.94. The Morgan fingerprint density at radius 1 is 0.846 bits per heavy atom. The molecule has 1 saturated heterocycles. The maximum Gasteiger partial charge on any atom is 0.214 e. The number of ether oxygens (including phenoxy) is 2. The fraction of sp³-hybridized carbons (Fsp3) is 0.400. The smallest absolute Gasteiger partial charge is 0.214 e. The molecule has 1 aliphatic rings. The van der Waals surface area contributed by atoms with Gasteiger partial charge < -0.3 is 9.47 Å². The number of sulfonamides is 1. The third-order valence-corrected chi connectivity index (χ3v) is 6.10. The van der Waals surface area contributed by atoms with E-state index in [-0.39, 0.29) is 5.75 Å². The molecule has 0 amide bonds. The summed E-state index contributed by atoms with van der Waals surface area (Å²) >= 11 is 0. The molecule has 140 valence electrons. The van der Waals surface area contributed by atoms with E-state index in [1.807, 2.05) is 60.7 Å². The van der Waals surface area contributed by atoms with Gasteiger partial charge in [0, 0.05) is 19.5 Å². The van der Waals surface area contributed by atoms with E-state index in [1.165, 1.54) is 0 Å². The normalized spacial score (nSPS) is 16.0. The summed E-state index contributed by atoms with van der Waals surface area (Å²) in [5, 5.41) is 0. The fourth-order valence-corrected chi connectivity index (χ4v) is 4.34. The molecule has 0 aromatic heterocycles. The highest BCUT2D eigenvalue weighted by molar-refractivity contribution is 7.89. The summed E-state index contributed by atoms with van der Waals surface area (Å²) in [6, 6.07) is 19.3. The van der Waals surface area contributed by atoms with Crippen molar-refractivity contribution in [2.45, 2.75) is 32.2 Å². The monoisotopic (exact) mass is 375 g/mol. The second kappa shape index (κ2) is 9.28. The molecule has 5 nitrogen and oxygen atoms in total. The van der Waals surface area contributed by atoms with Crippen molar-refractivity contribution in [3.63, 3.8) is 0 Å². The van der Waals surface area contributed by atoms with E-state index < -0.39 is 16.3 Å². The third kappa shape index (κ3) is 5.64. The topological polar surface area (TPSA) is 55.8 Å². The quantitative estimate of drug-likeness (QED) is 0.711. The molecule has 0 atom stereocenters. The van der Waals surface area contributed by atoms with Gasteiger partial charge in [-0.3, -0.25) is 0 Å². The number of rotatable bonds is 8. The van der Waals surface area contributed by atoms with Crippen LogP contribution in [-0.2, 0) is 32.6 Å². The third-order valence-electron chi connectivity index (χ3n) is 4.30. The zero-order chi connectivity index (χ0) is 18.2. The Hall–Kier alpha value is -1.73. The van der Waals surface area contributed by atoms with Crippen LogP contribution in [0.3, 0.4) is 0 Å². The zero-order valence-electron chi connectivity index (χ0n) is 14.8. The average Bonchev–Trinajstić information content (AvgIpc) is 2.68. The Balaban J connectivity index is 1.71. The lowest BCUT2D eigenvalue weighted by molar-refractivity contribution is -0.178. The molecule has 1 aliphatic heterocycles. The summed E-state index contributed by atoms with van der Waals surface area (Å²) < 4.78 is 38.5. The molecular formula is C20H25NO4S.